The summed E-state index contributed by atoms with van der Waals surface area (Å²) in [6.45, 7) is 5.84. The predicted octanol–water partition coefficient (Wildman–Crippen LogP) is 3.15. The summed E-state index contributed by atoms with van der Waals surface area (Å²) < 4.78 is 0. The lowest BCUT2D eigenvalue weighted by Crippen LogP contribution is -2.21. The highest BCUT2D eigenvalue weighted by atomic mass is 16.1. The Morgan fingerprint density at radius 2 is 2.19 bits per heavy atom. The van der Waals surface area contributed by atoms with Crippen LogP contribution in [-0.4, -0.2) is 5.78 Å². The van der Waals surface area contributed by atoms with Crippen molar-refractivity contribution in [3.05, 3.63) is 36.5 Å². The highest BCUT2D eigenvalue weighted by Crippen LogP contribution is 2.58. The number of carbonyl (C=O) groups is 1. The van der Waals surface area contributed by atoms with Crippen LogP contribution in [0, 0.1) is 29.6 Å². The molecule has 0 aromatic rings. The van der Waals surface area contributed by atoms with Gasteiger partial charge in [0, 0.05) is 5.92 Å². The van der Waals surface area contributed by atoms with Gasteiger partial charge in [0.1, 0.15) is 0 Å². The lowest BCUT2D eigenvalue weighted by atomic mass is 9.79. The van der Waals surface area contributed by atoms with Gasteiger partial charge in [0.25, 0.3) is 0 Å². The van der Waals surface area contributed by atoms with Crippen molar-refractivity contribution in [3.8, 4) is 0 Å². The fraction of sp³-hybridized carbons (Fsp3) is 0.533. The van der Waals surface area contributed by atoms with E-state index in [9.17, 15) is 4.79 Å². The predicted molar refractivity (Wildman–Crippen MR) is 64.8 cm³/mol. The molecule has 0 spiro atoms. The van der Waals surface area contributed by atoms with Crippen molar-refractivity contribution in [2.45, 2.75) is 19.8 Å². The molecule has 2 fully saturated rings. The fourth-order valence-corrected chi connectivity index (χ4v) is 4.18. The summed E-state index contributed by atoms with van der Waals surface area (Å²) in [5.74, 6) is 2.93. The minimum absolute atomic E-state index is 0.297. The number of hydrogen-bond acceptors (Lipinski definition) is 1. The van der Waals surface area contributed by atoms with Crippen LogP contribution in [0.5, 0.6) is 0 Å². The lowest BCUT2D eigenvalue weighted by Gasteiger charge is -2.23. The summed E-state index contributed by atoms with van der Waals surface area (Å²) in [6, 6.07) is 0. The molecule has 0 N–H and O–H groups in total. The molecule has 3 rings (SSSR count). The zero-order chi connectivity index (χ0) is 11.3. The van der Waals surface area contributed by atoms with Crippen molar-refractivity contribution in [1.82, 2.24) is 0 Å². The molecular weight excluding hydrogens is 196 g/mol. The van der Waals surface area contributed by atoms with Crippen LogP contribution >= 0.6 is 0 Å². The Labute approximate surface area is 96.9 Å². The molecule has 0 saturated heterocycles. The van der Waals surface area contributed by atoms with Gasteiger partial charge in [-0.05, 0) is 49.0 Å². The first kappa shape index (κ1) is 10.1. The summed E-state index contributed by atoms with van der Waals surface area (Å²) in [5.41, 5.74) is 1.08. The van der Waals surface area contributed by atoms with E-state index in [4.69, 9.17) is 0 Å². The van der Waals surface area contributed by atoms with Gasteiger partial charge in [0.2, 0.25) is 0 Å². The van der Waals surface area contributed by atoms with Gasteiger partial charge in [-0.1, -0.05) is 24.3 Å². The van der Waals surface area contributed by atoms with Crippen LogP contribution in [0.4, 0.5) is 0 Å². The SMILES string of the molecule is C=CC[C@H]1/C(=C\C)C(=O)[C@H]2[C@@H]1[C@H]1C=C[C@@H]2C1. The molecule has 3 aliphatic rings. The van der Waals surface area contributed by atoms with Gasteiger partial charge >= 0.3 is 0 Å². The third kappa shape index (κ3) is 1.09. The van der Waals surface area contributed by atoms with E-state index in [1.807, 2.05) is 19.1 Å². The van der Waals surface area contributed by atoms with Crippen LogP contribution in [-0.2, 0) is 4.79 Å². The van der Waals surface area contributed by atoms with Gasteiger partial charge in [0.15, 0.2) is 5.78 Å². The Hall–Kier alpha value is -1.11. The summed E-state index contributed by atoms with van der Waals surface area (Å²) in [4.78, 5) is 12.4. The van der Waals surface area contributed by atoms with Gasteiger partial charge < -0.3 is 0 Å². The second-order valence-corrected chi connectivity index (χ2v) is 5.29. The minimum atomic E-state index is 0.297. The Balaban J connectivity index is 2.01. The highest BCUT2D eigenvalue weighted by molar-refractivity contribution is 6.01. The topological polar surface area (TPSA) is 17.1 Å². The number of rotatable bonds is 2. The van der Waals surface area contributed by atoms with Crippen LogP contribution in [0.2, 0.25) is 0 Å². The van der Waals surface area contributed by atoms with Crippen molar-refractivity contribution >= 4 is 5.78 Å². The van der Waals surface area contributed by atoms with E-state index in [0.29, 0.717) is 35.4 Å². The number of fused-ring (bicyclic) bond motifs is 5. The quantitative estimate of drug-likeness (QED) is 0.510. The van der Waals surface area contributed by atoms with E-state index in [1.54, 1.807) is 0 Å². The third-order valence-corrected chi connectivity index (χ3v) is 4.70. The van der Waals surface area contributed by atoms with Gasteiger partial charge in [-0.15, -0.1) is 6.58 Å². The van der Waals surface area contributed by atoms with Crippen molar-refractivity contribution < 1.29 is 4.79 Å². The largest absolute Gasteiger partial charge is 0.294 e. The molecule has 5 atom stereocenters. The molecule has 2 bridgehead atoms. The molecule has 0 radical (unpaired) electrons. The average Bonchev–Trinajstić information content (AvgIpc) is 2.92. The first-order chi connectivity index (χ1) is 7.77. The van der Waals surface area contributed by atoms with Gasteiger partial charge in [-0.2, -0.15) is 0 Å². The van der Waals surface area contributed by atoms with Crippen molar-refractivity contribution in [2.75, 3.05) is 0 Å². The first-order valence-electron chi connectivity index (χ1n) is 6.27. The van der Waals surface area contributed by atoms with E-state index in [2.05, 4.69) is 18.7 Å². The second-order valence-electron chi connectivity index (χ2n) is 5.29. The number of Topliss-reactive ketones (excluding diaryl/α,β-unsaturated/α-hetero) is 1. The summed E-state index contributed by atoms with van der Waals surface area (Å²) in [5, 5.41) is 0. The standard InChI is InChI=1S/C15H18O/c1-3-5-12-11(4-2)15(16)14-10-7-6-9(8-10)13(12)14/h3-4,6-7,9-10,12-14H,1,5,8H2,2H3/b11-4+/t9-,10+,12-,13+,14+/m0/s1. The van der Waals surface area contributed by atoms with Crippen LogP contribution in [0.3, 0.4) is 0 Å². The number of carbonyl (C=O) groups excluding carboxylic acids is 1. The van der Waals surface area contributed by atoms with Crippen molar-refractivity contribution in [1.29, 1.82) is 0 Å². The Kier molecular flexibility index (Phi) is 2.17. The molecule has 0 unspecified atom stereocenters. The maximum absolute atomic E-state index is 12.4. The molecule has 0 aromatic carbocycles. The van der Waals surface area contributed by atoms with Crippen molar-refractivity contribution in [2.24, 2.45) is 29.6 Å². The maximum Gasteiger partial charge on any atom is 0.162 e. The first-order valence-corrected chi connectivity index (χ1v) is 6.27. The Morgan fingerprint density at radius 1 is 1.44 bits per heavy atom. The normalized spacial score (nSPS) is 46.7. The average molecular weight is 214 g/mol. The van der Waals surface area contributed by atoms with Crippen LogP contribution in [0.25, 0.3) is 0 Å². The second kappa shape index (κ2) is 3.44. The van der Waals surface area contributed by atoms with Gasteiger partial charge in [-0.3, -0.25) is 4.79 Å². The third-order valence-electron chi connectivity index (χ3n) is 4.70. The number of allylic oxidation sites excluding steroid dienone is 5. The molecule has 0 aromatic heterocycles. The number of ketones is 1. The van der Waals surface area contributed by atoms with E-state index in [0.717, 1.165) is 12.0 Å². The van der Waals surface area contributed by atoms with E-state index >= 15 is 0 Å². The zero-order valence-corrected chi connectivity index (χ0v) is 9.73. The lowest BCUT2D eigenvalue weighted by molar-refractivity contribution is -0.119. The molecule has 3 aliphatic carbocycles. The van der Waals surface area contributed by atoms with Crippen LogP contribution < -0.4 is 0 Å². The molecule has 1 heteroatoms. The summed E-state index contributed by atoms with van der Waals surface area (Å²) in [6.07, 6.45) is 10.8. The smallest absolute Gasteiger partial charge is 0.162 e. The molecule has 0 amide bonds. The van der Waals surface area contributed by atoms with Crippen LogP contribution in [0.15, 0.2) is 36.5 Å². The minimum Gasteiger partial charge on any atom is -0.294 e. The Morgan fingerprint density at radius 3 is 2.88 bits per heavy atom. The monoisotopic (exact) mass is 214 g/mol. The highest BCUT2D eigenvalue weighted by Gasteiger charge is 2.56. The molecule has 16 heavy (non-hydrogen) atoms. The molecule has 0 aliphatic heterocycles. The molecule has 1 nitrogen and oxygen atoms in total. The molecule has 0 heterocycles. The van der Waals surface area contributed by atoms with E-state index < -0.39 is 0 Å². The van der Waals surface area contributed by atoms with E-state index in [1.165, 1.54) is 6.42 Å². The molecule has 84 valence electrons. The van der Waals surface area contributed by atoms with Gasteiger partial charge in [-0.25, -0.2) is 0 Å². The molecule has 2 saturated carbocycles. The Bertz CT molecular complexity index is 402. The fourth-order valence-electron chi connectivity index (χ4n) is 4.18. The number of hydrogen-bond donors (Lipinski definition) is 0. The summed E-state index contributed by atoms with van der Waals surface area (Å²) in [7, 11) is 0. The van der Waals surface area contributed by atoms with Crippen molar-refractivity contribution in [3.63, 3.8) is 0 Å². The zero-order valence-electron chi connectivity index (χ0n) is 9.73. The van der Waals surface area contributed by atoms with Crippen LogP contribution in [0.1, 0.15) is 19.8 Å². The van der Waals surface area contributed by atoms with E-state index in [-0.39, 0.29) is 0 Å². The molecular formula is C15H18O. The van der Waals surface area contributed by atoms with Gasteiger partial charge in [0.05, 0.1) is 0 Å². The summed E-state index contributed by atoms with van der Waals surface area (Å²) >= 11 is 0. The maximum atomic E-state index is 12.4.